The zero-order valence-corrected chi connectivity index (χ0v) is 18.6. The Hall–Kier alpha value is -4.83. The summed E-state index contributed by atoms with van der Waals surface area (Å²) in [5, 5.41) is 4.52. The molecule has 8 rings (SSSR count). The van der Waals surface area contributed by atoms with Crippen LogP contribution < -0.4 is 0 Å². The third-order valence-corrected chi connectivity index (χ3v) is 6.85. The number of furan rings is 1. The zero-order chi connectivity index (χ0) is 22.9. The minimum absolute atomic E-state index is 0.603. The molecule has 5 aromatic carbocycles. The zero-order valence-electron chi connectivity index (χ0n) is 18.6. The molecule has 0 spiro atoms. The Morgan fingerprint density at radius 3 is 1.94 bits per heavy atom. The van der Waals surface area contributed by atoms with Gasteiger partial charge < -0.3 is 13.4 Å². The number of nitrogens with zero attached hydrogens (tertiary/aromatic N) is 2. The predicted octanol–water partition coefficient (Wildman–Crippen LogP) is 8.49. The molecule has 0 saturated heterocycles. The molecule has 0 fully saturated rings. The Balaban J connectivity index is 1.29. The average Bonchev–Trinajstić information content (AvgIpc) is 3.60. The fraction of sp³-hybridized carbons (Fsp3) is 0. The summed E-state index contributed by atoms with van der Waals surface area (Å²) in [6, 6.07) is 37.4. The van der Waals surface area contributed by atoms with Crippen LogP contribution in [0.3, 0.4) is 0 Å². The topological polar surface area (TPSA) is 44.1 Å². The van der Waals surface area contributed by atoms with E-state index in [1.165, 1.54) is 21.8 Å². The number of oxazole rings is 1. The molecule has 3 heterocycles. The fourth-order valence-corrected chi connectivity index (χ4v) is 5.27. The van der Waals surface area contributed by atoms with Crippen molar-refractivity contribution in [2.75, 3.05) is 0 Å². The standard InChI is InChI=1S/C31H18N2O2/c1-4-10-25-21(7-1)22-8-2-5-11-26(22)33(25)20-15-13-19(14-16-20)31-32-24-17-18-28-29(30(24)35-31)23-9-3-6-12-27(23)34-28/h1-18H. The Morgan fingerprint density at radius 2 is 1.20 bits per heavy atom. The monoisotopic (exact) mass is 450 g/mol. The van der Waals surface area contributed by atoms with Gasteiger partial charge in [-0.1, -0.05) is 54.6 Å². The molecule has 8 aromatic rings. The van der Waals surface area contributed by atoms with Crippen molar-refractivity contribution in [1.29, 1.82) is 0 Å². The van der Waals surface area contributed by atoms with E-state index in [1.54, 1.807) is 0 Å². The Bertz CT molecular complexity index is 2000. The van der Waals surface area contributed by atoms with Gasteiger partial charge in [0.05, 0.1) is 16.4 Å². The van der Waals surface area contributed by atoms with Gasteiger partial charge in [0.25, 0.3) is 0 Å². The number of aromatic nitrogens is 2. The van der Waals surface area contributed by atoms with E-state index in [2.05, 4.69) is 83.4 Å². The van der Waals surface area contributed by atoms with Gasteiger partial charge in [0.1, 0.15) is 16.7 Å². The lowest BCUT2D eigenvalue weighted by Crippen LogP contribution is -1.93. The van der Waals surface area contributed by atoms with Crippen molar-refractivity contribution in [3.05, 3.63) is 109 Å². The number of hydrogen-bond donors (Lipinski definition) is 0. The predicted molar refractivity (Wildman–Crippen MR) is 141 cm³/mol. The number of para-hydroxylation sites is 3. The van der Waals surface area contributed by atoms with Gasteiger partial charge in [0, 0.05) is 27.4 Å². The quantitative estimate of drug-likeness (QED) is 0.265. The van der Waals surface area contributed by atoms with Crippen LogP contribution in [0.25, 0.3) is 72.0 Å². The van der Waals surface area contributed by atoms with Crippen molar-refractivity contribution in [2.24, 2.45) is 0 Å². The fourth-order valence-electron chi connectivity index (χ4n) is 5.27. The minimum atomic E-state index is 0.603. The molecule has 0 bridgehead atoms. The SMILES string of the molecule is c1ccc2c(c1)oc1ccc3nc(-c4ccc(-n5c6ccccc6c6ccccc65)cc4)oc3c12. The van der Waals surface area contributed by atoms with E-state index in [9.17, 15) is 0 Å². The number of fused-ring (bicyclic) bond motifs is 8. The van der Waals surface area contributed by atoms with Crippen molar-refractivity contribution in [1.82, 2.24) is 9.55 Å². The molecule has 0 saturated carbocycles. The van der Waals surface area contributed by atoms with Crippen LogP contribution in [0, 0.1) is 0 Å². The van der Waals surface area contributed by atoms with Gasteiger partial charge in [-0.3, -0.25) is 0 Å². The van der Waals surface area contributed by atoms with E-state index in [4.69, 9.17) is 13.8 Å². The molecule has 4 nitrogen and oxygen atoms in total. The molecule has 0 amide bonds. The minimum Gasteiger partial charge on any atom is -0.456 e. The highest BCUT2D eigenvalue weighted by atomic mass is 16.4. The third-order valence-electron chi connectivity index (χ3n) is 6.85. The molecule has 0 unspecified atom stereocenters. The van der Waals surface area contributed by atoms with E-state index in [0.29, 0.717) is 5.89 Å². The van der Waals surface area contributed by atoms with Crippen LogP contribution in [0.1, 0.15) is 0 Å². The lowest BCUT2D eigenvalue weighted by Gasteiger charge is -2.08. The van der Waals surface area contributed by atoms with Crippen molar-refractivity contribution < 1.29 is 8.83 Å². The van der Waals surface area contributed by atoms with Gasteiger partial charge in [-0.05, 0) is 54.6 Å². The van der Waals surface area contributed by atoms with Gasteiger partial charge >= 0.3 is 0 Å². The molecule has 3 aromatic heterocycles. The van der Waals surface area contributed by atoms with Crippen LogP contribution >= 0.6 is 0 Å². The first-order valence-electron chi connectivity index (χ1n) is 11.6. The second kappa shape index (κ2) is 6.84. The summed E-state index contributed by atoms with van der Waals surface area (Å²) in [6.45, 7) is 0. The highest BCUT2D eigenvalue weighted by Crippen LogP contribution is 2.37. The molecular formula is C31H18N2O2. The molecule has 0 radical (unpaired) electrons. The lowest BCUT2D eigenvalue weighted by atomic mass is 10.1. The molecule has 0 aliphatic heterocycles. The molecule has 0 aliphatic carbocycles. The van der Waals surface area contributed by atoms with Crippen molar-refractivity contribution in [3.63, 3.8) is 0 Å². The highest BCUT2D eigenvalue weighted by molar-refractivity contribution is 6.16. The first kappa shape index (κ1) is 18.6. The number of rotatable bonds is 2. The molecule has 0 atom stereocenters. The van der Waals surface area contributed by atoms with Gasteiger partial charge in [-0.15, -0.1) is 0 Å². The maximum absolute atomic E-state index is 6.33. The van der Waals surface area contributed by atoms with Crippen LogP contribution in [0.4, 0.5) is 0 Å². The van der Waals surface area contributed by atoms with Crippen LogP contribution in [0.15, 0.2) is 118 Å². The van der Waals surface area contributed by atoms with Crippen LogP contribution in [0.2, 0.25) is 0 Å². The van der Waals surface area contributed by atoms with Crippen LogP contribution in [-0.2, 0) is 0 Å². The summed E-state index contributed by atoms with van der Waals surface area (Å²) < 4.78 is 14.6. The number of hydrogen-bond acceptors (Lipinski definition) is 3. The van der Waals surface area contributed by atoms with E-state index in [1.807, 2.05) is 30.3 Å². The molecule has 35 heavy (non-hydrogen) atoms. The largest absolute Gasteiger partial charge is 0.456 e. The van der Waals surface area contributed by atoms with Gasteiger partial charge in [0.2, 0.25) is 5.89 Å². The maximum Gasteiger partial charge on any atom is 0.227 e. The van der Waals surface area contributed by atoms with E-state index in [0.717, 1.165) is 44.3 Å². The van der Waals surface area contributed by atoms with Gasteiger partial charge in [0.15, 0.2) is 5.58 Å². The lowest BCUT2D eigenvalue weighted by molar-refractivity contribution is 0.622. The Labute approximate surface area is 199 Å². The van der Waals surface area contributed by atoms with Crippen molar-refractivity contribution >= 4 is 54.8 Å². The normalized spacial score (nSPS) is 12.0. The Morgan fingerprint density at radius 1 is 0.543 bits per heavy atom. The first-order valence-corrected chi connectivity index (χ1v) is 11.6. The molecule has 0 N–H and O–H groups in total. The third kappa shape index (κ3) is 2.59. The average molecular weight is 450 g/mol. The summed E-state index contributed by atoms with van der Waals surface area (Å²) in [4.78, 5) is 4.80. The van der Waals surface area contributed by atoms with Crippen LogP contribution in [0.5, 0.6) is 0 Å². The van der Waals surface area contributed by atoms with Crippen molar-refractivity contribution in [3.8, 4) is 17.1 Å². The Kier molecular flexibility index (Phi) is 3.63. The van der Waals surface area contributed by atoms with Gasteiger partial charge in [-0.2, -0.15) is 0 Å². The second-order valence-corrected chi connectivity index (χ2v) is 8.82. The van der Waals surface area contributed by atoms with Crippen LogP contribution in [-0.4, -0.2) is 9.55 Å². The molecule has 0 aliphatic rings. The summed E-state index contributed by atoms with van der Waals surface area (Å²) in [6.07, 6.45) is 0. The second-order valence-electron chi connectivity index (χ2n) is 8.82. The molecule has 4 heteroatoms. The van der Waals surface area contributed by atoms with Gasteiger partial charge in [-0.25, -0.2) is 4.98 Å². The number of benzene rings is 5. The summed E-state index contributed by atoms with van der Waals surface area (Å²) >= 11 is 0. The molecule has 164 valence electrons. The summed E-state index contributed by atoms with van der Waals surface area (Å²) in [7, 11) is 0. The highest BCUT2D eigenvalue weighted by Gasteiger charge is 2.17. The van der Waals surface area contributed by atoms with E-state index >= 15 is 0 Å². The van der Waals surface area contributed by atoms with E-state index < -0.39 is 0 Å². The summed E-state index contributed by atoms with van der Waals surface area (Å²) in [5.41, 5.74) is 7.67. The summed E-state index contributed by atoms with van der Waals surface area (Å²) in [5.74, 6) is 0.603. The maximum atomic E-state index is 6.33. The van der Waals surface area contributed by atoms with Crippen molar-refractivity contribution in [2.45, 2.75) is 0 Å². The molecular weight excluding hydrogens is 432 g/mol. The van der Waals surface area contributed by atoms with E-state index in [-0.39, 0.29) is 0 Å². The smallest absolute Gasteiger partial charge is 0.227 e. The first-order chi connectivity index (χ1) is 17.3.